The van der Waals surface area contributed by atoms with Gasteiger partial charge in [0.15, 0.2) is 0 Å². The van der Waals surface area contributed by atoms with Gasteiger partial charge in [0.05, 0.1) is 5.69 Å². The molecule has 0 saturated carbocycles. The predicted molar refractivity (Wildman–Crippen MR) is 63.9 cm³/mol. The van der Waals surface area contributed by atoms with E-state index in [2.05, 4.69) is 4.98 Å². The molecule has 0 saturated heterocycles. The molecule has 0 aliphatic rings. The van der Waals surface area contributed by atoms with Crippen LogP contribution in [-0.4, -0.2) is 4.98 Å². The van der Waals surface area contributed by atoms with E-state index < -0.39 is 0 Å². The third-order valence-electron chi connectivity index (χ3n) is 2.45. The molecule has 0 atom stereocenters. The Balaban J connectivity index is 2.46. The molecule has 1 aromatic carbocycles. The highest BCUT2D eigenvalue weighted by Gasteiger charge is 2.03. The van der Waals surface area contributed by atoms with Gasteiger partial charge in [-0.25, -0.2) is 4.39 Å². The SMILES string of the molecule is Cc1ccc(-c2cc(CCl)ccn2)cc1F. The van der Waals surface area contributed by atoms with Crippen molar-refractivity contribution in [2.75, 3.05) is 0 Å². The van der Waals surface area contributed by atoms with E-state index in [1.54, 1.807) is 19.2 Å². The Hall–Kier alpha value is -1.41. The van der Waals surface area contributed by atoms with Crippen LogP contribution in [0.25, 0.3) is 11.3 Å². The van der Waals surface area contributed by atoms with Gasteiger partial charge in [-0.2, -0.15) is 0 Å². The fourth-order valence-corrected chi connectivity index (χ4v) is 1.63. The summed E-state index contributed by atoms with van der Waals surface area (Å²) in [6, 6.07) is 8.83. The maximum atomic E-state index is 13.4. The summed E-state index contributed by atoms with van der Waals surface area (Å²) in [5.74, 6) is 0.222. The molecule has 0 bridgehead atoms. The van der Waals surface area contributed by atoms with Crippen LogP contribution in [0.4, 0.5) is 4.39 Å². The highest BCUT2D eigenvalue weighted by molar-refractivity contribution is 6.17. The van der Waals surface area contributed by atoms with E-state index in [0.717, 1.165) is 16.8 Å². The van der Waals surface area contributed by atoms with Gasteiger partial charge >= 0.3 is 0 Å². The van der Waals surface area contributed by atoms with Crippen molar-refractivity contribution in [1.82, 2.24) is 4.98 Å². The quantitative estimate of drug-likeness (QED) is 0.719. The lowest BCUT2D eigenvalue weighted by molar-refractivity contribution is 0.619. The van der Waals surface area contributed by atoms with Crippen molar-refractivity contribution in [2.45, 2.75) is 12.8 Å². The maximum absolute atomic E-state index is 13.4. The number of nitrogens with zero attached hydrogens (tertiary/aromatic N) is 1. The number of hydrogen-bond acceptors (Lipinski definition) is 1. The van der Waals surface area contributed by atoms with E-state index in [1.807, 2.05) is 18.2 Å². The first kappa shape index (κ1) is 11.1. The van der Waals surface area contributed by atoms with Gasteiger partial charge in [-0.1, -0.05) is 12.1 Å². The summed E-state index contributed by atoms with van der Waals surface area (Å²) in [6.07, 6.45) is 1.69. The van der Waals surface area contributed by atoms with E-state index in [-0.39, 0.29) is 5.82 Å². The van der Waals surface area contributed by atoms with Crippen LogP contribution in [-0.2, 0) is 5.88 Å². The summed E-state index contributed by atoms with van der Waals surface area (Å²) in [5, 5.41) is 0. The molecule has 1 aromatic heterocycles. The standard InChI is InChI=1S/C13H11ClFN/c1-9-2-3-11(7-12(9)15)13-6-10(8-14)4-5-16-13/h2-7H,8H2,1H3. The molecule has 2 rings (SSSR count). The Bertz CT molecular complexity index is 511. The average Bonchev–Trinajstić information content (AvgIpc) is 2.33. The largest absolute Gasteiger partial charge is 0.256 e. The minimum atomic E-state index is -0.212. The van der Waals surface area contributed by atoms with Crippen LogP contribution in [0, 0.1) is 12.7 Å². The van der Waals surface area contributed by atoms with Crippen molar-refractivity contribution in [3.05, 3.63) is 53.5 Å². The summed E-state index contributed by atoms with van der Waals surface area (Å²) in [4.78, 5) is 4.20. The lowest BCUT2D eigenvalue weighted by Crippen LogP contribution is -1.88. The van der Waals surface area contributed by atoms with Crippen LogP contribution in [0.1, 0.15) is 11.1 Å². The van der Waals surface area contributed by atoms with Gasteiger partial charge in [-0.3, -0.25) is 4.98 Å². The summed E-state index contributed by atoms with van der Waals surface area (Å²) in [7, 11) is 0. The molecule has 0 radical (unpaired) electrons. The average molecular weight is 236 g/mol. The zero-order valence-corrected chi connectivity index (χ0v) is 9.63. The van der Waals surface area contributed by atoms with Crippen molar-refractivity contribution in [1.29, 1.82) is 0 Å². The highest BCUT2D eigenvalue weighted by atomic mass is 35.5. The smallest absolute Gasteiger partial charge is 0.126 e. The summed E-state index contributed by atoms with van der Waals surface area (Å²) in [5.41, 5.74) is 3.14. The van der Waals surface area contributed by atoms with Crippen LogP contribution in [0.15, 0.2) is 36.5 Å². The fraction of sp³-hybridized carbons (Fsp3) is 0.154. The summed E-state index contributed by atoms with van der Waals surface area (Å²) < 4.78 is 13.4. The molecule has 1 heterocycles. The van der Waals surface area contributed by atoms with Gasteiger partial charge in [0.2, 0.25) is 0 Å². The predicted octanol–water partition coefficient (Wildman–Crippen LogP) is 3.93. The first-order chi connectivity index (χ1) is 7.70. The van der Waals surface area contributed by atoms with E-state index in [4.69, 9.17) is 11.6 Å². The Morgan fingerprint density at radius 2 is 2.06 bits per heavy atom. The lowest BCUT2D eigenvalue weighted by Gasteiger charge is -2.04. The van der Waals surface area contributed by atoms with Crippen molar-refractivity contribution >= 4 is 11.6 Å². The second-order valence-corrected chi connectivity index (χ2v) is 3.91. The number of aromatic nitrogens is 1. The fourth-order valence-electron chi connectivity index (χ4n) is 1.47. The molecule has 1 nitrogen and oxygen atoms in total. The molecular weight excluding hydrogens is 225 g/mol. The van der Waals surface area contributed by atoms with Gasteiger partial charge in [-0.05, 0) is 36.2 Å². The van der Waals surface area contributed by atoms with Crippen LogP contribution < -0.4 is 0 Å². The number of pyridine rings is 1. The van der Waals surface area contributed by atoms with Crippen LogP contribution >= 0.6 is 11.6 Å². The molecule has 16 heavy (non-hydrogen) atoms. The molecule has 0 N–H and O–H groups in total. The Kier molecular flexibility index (Phi) is 3.20. The minimum absolute atomic E-state index is 0.212. The van der Waals surface area contributed by atoms with Crippen molar-refractivity contribution in [3.63, 3.8) is 0 Å². The van der Waals surface area contributed by atoms with Gasteiger partial charge < -0.3 is 0 Å². The number of aryl methyl sites for hydroxylation is 1. The zero-order chi connectivity index (χ0) is 11.5. The molecule has 0 aliphatic heterocycles. The molecule has 0 aliphatic carbocycles. The highest BCUT2D eigenvalue weighted by Crippen LogP contribution is 2.21. The first-order valence-corrected chi connectivity index (χ1v) is 5.51. The van der Waals surface area contributed by atoms with Crippen molar-refractivity contribution in [2.24, 2.45) is 0 Å². The lowest BCUT2D eigenvalue weighted by atomic mass is 10.1. The van der Waals surface area contributed by atoms with Crippen LogP contribution in [0.3, 0.4) is 0 Å². The van der Waals surface area contributed by atoms with E-state index >= 15 is 0 Å². The van der Waals surface area contributed by atoms with E-state index in [1.165, 1.54) is 6.07 Å². The normalized spacial score (nSPS) is 10.4. The van der Waals surface area contributed by atoms with Gasteiger partial charge in [-0.15, -0.1) is 11.6 Å². The molecule has 0 amide bonds. The molecule has 2 aromatic rings. The third kappa shape index (κ3) is 2.22. The summed E-state index contributed by atoms with van der Waals surface area (Å²) in [6.45, 7) is 1.74. The van der Waals surface area contributed by atoms with Gasteiger partial charge in [0, 0.05) is 17.6 Å². The number of alkyl halides is 1. The number of rotatable bonds is 2. The molecule has 82 valence electrons. The Labute approximate surface area is 98.9 Å². The monoisotopic (exact) mass is 235 g/mol. The second kappa shape index (κ2) is 4.62. The van der Waals surface area contributed by atoms with E-state index in [9.17, 15) is 4.39 Å². The third-order valence-corrected chi connectivity index (χ3v) is 2.75. The Morgan fingerprint density at radius 1 is 1.25 bits per heavy atom. The molecule has 0 spiro atoms. The topological polar surface area (TPSA) is 12.9 Å². The van der Waals surface area contributed by atoms with Crippen LogP contribution in [0.5, 0.6) is 0 Å². The van der Waals surface area contributed by atoms with Gasteiger partial charge in [0.25, 0.3) is 0 Å². The number of benzene rings is 1. The van der Waals surface area contributed by atoms with Crippen molar-refractivity contribution in [3.8, 4) is 11.3 Å². The maximum Gasteiger partial charge on any atom is 0.126 e. The molecule has 0 unspecified atom stereocenters. The van der Waals surface area contributed by atoms with E-state index in [0.29, 0.717) is 11.4 Å². The van der Waals surface area contributed by atoms with Gasteiger partial charge in [0.1, 0.15) is 5.82 Å². The summed E-state index contributed by atoms with van der Waals surface area (Å²) >= 11 is 5.74. The minimum Gasteiger partial charge on any atom is -0.256 e. The molecular formula is C13H11ClFN. The Morgan fingerprint density at radius 3 is 2.75 bits per heavy atom. The number of hydrogen-bond donors (Lipinski definition) is 0. The second-order valence-electron chi connectivity index (χ2n) is 3.65. The van der Waals surface area contributed by atoms with Crippen molar-refractivity contribution < 1.29 is 4.39 Å². The molecule has 0 fully saturated rings. The number of halogens is 2. The molecule has 3 heteroatoms. The van der Waals surface area contributed by atoms with Crippen LogP contribution in [0.2, 0.25) is 0 Å². The first-order valence-electron chi connectivity index (χ1n) is 4.98. The zero-order valence-electron chi connectivity index (χ0n) is 8.87.